The number of halogens is 1. The first-order valence-electron chi connectivity index (χ1n) is 10.4. The third kappa shape index (κ3) is 5.60. The third-order valence-electron chi connectivity index (χ3n) is 5.37. The quantitative estimate of drug-likeness (QED) is 0.494. The van der Waals surface area contributed by atoms with Crippen LogP contribution in [-0.4, -0.2) is 22.6 Å². The number of carbonyl (C=O) groups is 1. The van der Waals surface area contributed by atoms with Crippen molar-refractivity contribution in [3.05, 3.63) is 59.4 Å². The van der Waals surface area contributed by atoms with Crippen molar-refractivity contribution in [2.45, 2.75) is 38.5 Å². The van der Waals surface area contributed by atoms with Crippen LogP contribution in [0, 0.1) is 5.92 Å². The van der Waals surface area contributed by atoms with Crippen LogP contribution < -0.4 is 10.6 Å². The fraction of sp³-hybridized carbons (Fsp3) is 0.348. The summed E-state index contributed by atoms with van der Waals surface area (Å²) in [5.41, 5.74) is 2.68. The van der Waals surface area contributed by atoms with Crippen molar-refractivity contribution in [1.29, 1.82) is 0 Å². The Hall–Kier alpha value is -2.86. The highest BCUT2D eigenvalue weighted by Crippen LogP contribution is 2.25. The summed E-state index contributed by atoms with van der Waals surface area (Å²) < 4.78 is 5.25. The van der Waals surface area contributed by atoms with Gasteiger partial charge in [0.1, 0.15) is 0 Å². The van der Waals surface area contributed by atoms with Crippen LogP contribution in [0.15, 0.2) is 53.1 Å². The van der Waals surface area contributed by atoms with Crippen molar-refractivity contribution in [2.24, 2.45) is 5.92 Å². The lowest BCUT2D eigenvalue weighted by Crippen LogP contribution is -2.13. The van der Waals surface area contributed by atoms with Crippen LogP contribution in [-0.2, 0) is 11.2 Å². The Balaban J connectivity index is 1.23. The van der Waals surface area contributed by atoms with E-state index in [-0.39, 0.29) is 12.3 Å². The van der Waals surface area contributed by atoms with Gasteiger partial charge in [0.2, 0.25) is 17.6 Å². The molecular weight excluding hydrogens is 400 g/mol. The summed E-state index contributed by atoms with van der Waals surface area (Å²) in [6.45, 7) is 1.02. The van der Waals surface area contributed by atoms with Gasteiger partial charge < -0.3 is 15.2 Å². The zero-order valence-electron chi connectivity index (χ0n) is 16.7. The zero-order chi connectivity index (χ0) is 20.8. The monoisotopic (exact) mass is 424 g/mol. The Morgan fingerprint density at radius 1 is 1.03 bits per heavy atom. The van der Waals surface area contributed by atoms with Gasteiger partial charge in [0, 0.05) is 41.3 Å². The number of rotatable bonds is 8. The average Bonchev–Trinajstić information content (AvgIpc) is 3.45. The van der Waals surface area contributed by atoms with Gasteiger partial charge in [-0.3, -0.25) is 4.79 Å². The maximum absolute atomic E-state index is 12.3. The number of hydrogen-bond acceptors (Lipinski definition) is 5. The lowest BCUT2D eigenvalue weighted by Gasteiger charge is -2.12. The van der Waals surface area contributed by atoms with Crippen LogP contribution in [0.4, 0.5) is 11.4 Å². The Morgan fingerprint density at radius 3 is 2.47 bits per heavy atom. The standard InChI is InChI=1S/C23H25ClN4O2/c24-18-7-5-17(6-8-18)23-27-22(30-28-23)14-13-21(29)26-20-11-9-19(10-12-20)25-15-16-3-1-2-4-16/h5-12,16,25H,1-4,13-15H2,(H,26,29). The largest absolute Gasteiger partial charge is 0.385 e. The fourth-order valence-electron chi connectivity index (χ4n) is 3.66. The number of aryl methyl sites for hydroxylation is 1. The number of nitrogens with one attached hydrogen (secondary N) is 2. The van der Waals surface area contributed by atoms with E-state index in [1.165, 1.54) is 25.7 Å². The van der Waals surface area contributed by atoms with Crippen LogP contribution in [0.3, 0.4) is 0 Å². The highest BCUT2D eigenvalue weighted by Gasteiger charge is 2.14. The van der Waals surface area contributed by atoms with E-state index in [2.05, 4.69) is 20.8 Å². The van der Waals surface area contributed by atoms with Gasteiger partial charge in [-0.2, -0.15) is 4.98 Å². The fourth-order valence-corrected chi connectivity index (χ4v) is 3.79. The van der Waals surface area contributed by atoms with E-state index in [1.807, 2.05) is 36.4 Å². The van der Waals surface area contributed by atoms with Gasteiger partial charge in [-0.1, -0.05) is 29.6 Å². The first kappa shape index (κ1) is 20.4. The molecule has 30 heavy (non-hydrogen) atoms. The zero-order valence-corrected chi connectivity index (χ0v) is 17.5. The van der Waals surface area contributed by atoms with Crippen LogP contribution >= 0.6 is 11.6 Å². The normalized spacial score (nSPS) is 14.0. The van der Waals surface area contributed by atoms with Gasteiger partial charge in [-0.05, 0) is 67.3 Å². The Bertz CT molecular complexity index is 964. The number of carbonyl (C=O) groups excluding carboxylic acids is 1. The summed E-state index contributed by atoms with van der Waals surface area (Å²) >= 11 is 5.89. The summed E-state index contributed by atoms with van der Waals surface area (Å²) in [7, 11) is 0. The molecule has 0 atom stereocenters. The molecule has 2 N–H and O–H groups in total. The predicted molar refractivity (Wildman–Crippen MR) is 119 cm³/mol. The minimum absolute atomic E-state index is 0.0899. The molecule has 6 nitrogen and oxygen atoms in total. The smallest absolute Gasteiger partial charge is 0.227 e. The molecule has 1 aliphatic rings. The van der Waals surface area contributed by atoms with Gasteiger partial charge >= 0.3 is 0 Å². The molecule has 1 heterocycles. The molecule has 4 rings (SSSR count). The molecule has 0 unspecified atom stereocenters. The molecule has 1 fully saturated rings. The number of nitrogens with zero attached hydrogens (tertiary/aromatic N) is 2. The second kappa shape index (κ2) is 9.76. The molecule has 1 amide bonds. The Morgan fingerprint density at radius 2 is 1.73 bits per heavy atom. The second-order valence-electron chi connectivity index (χ2n) is 7.68. The SMILES string of the molecule is O=C(CCc1nc(-c2ccc(Cl)cc2)no1)Nc1ccc(NCC2CCCC2)cc1. The third-order valence-corrected chi connectivity index (χ3v) is 5.63. The molecule has 1 aliphatic carbocycles. The van der Waals surface area contributed by atoms with Crippen molar-refractivity contribution in [3.8, 4) is 11.4 Å². The van der Waals surface area contributed by atoms with E-state index in [0.29, 0.717) is 23.2 Å². The van der Waals surface area contributed by atoms with Gasteiger partial charge in [-0.25, -0.2) is 0 Å². The number of benzene rings is 2. The molecule has 0 bridgehead atoms. The number of anilines is 2. The van der Waals surface area contributed by atoms with Crippen molar-refractivity contribution >= 4 is 28.9 Å². The summed E-state index contributed by atoms with van der Waals surface area (Å²) in [5, 5.41) is 11.0. The van der Waals surface area contributed by atoms with Crippen molar-refractivity contribution in [3.63, 3.8) is 0 Å². The lowest BCUT2D eigenvalue weighted by molar-refractivity contribution is -0.116. The maximum Gasteiger partial charge on any atom is 0.227 e. The molecule has 3 aromatic rings. The van der Waals surface area contributed by atoms with E-state index in [1.54, 1.807) is 12.1 Å². The molecule has 0 radical (unpaired) electrons. The average molecular weight is 425 g/mol. The van der Waals surface area contributed by atoms with E-state index in [0.717, 1.165) is 29.4 Å². The van der Waals surface area contributed by atoms with E-state index < -0.39 is 0 Å². The first-order valence-corrected chi connectivity index (χ1v) is 10.8. The summed E-state index contributed by atoms with van der Waals surface area (Å²) in [6, 6.07) is 15.0. The molecule has 1 saturated carbocycles. The molecule has 2 aromatic carbocycles. The van der Waals surface area contributed by atoms with Crippen molar-refractivity contribution in [1.82, 2.24) is 10.1 Å². The highest BCUT2D eigenvalue weighted by atomic mass is 35.5. The van der Waals surface area contributed by atoms with E-state index in [9.17, 15) is 4.79 Å². The number of aromatic nitrogens is 2. The molecule has 0 saturated heterocycles. The van der Waals surface area contributed by atoms with Crippen LogP contribution in [0.1, 0.15) is 38.0 Å². The second-order valence-corrected chi connectivity index (χ2v) is 8.11. The molecule has 7 heteroatoms. The first-order chi connectivity index (χ1) is 14.7. The topological polar surface area (TPSA) is 80.0 Å². The van der Waals surface area contributed by atoms with Gasteiger partial charge in [-0.15, -0.1) is 0 Å². The minimum atomic E-state index is -0.0899. The molecular formula is C23H25ClN4O2. The molecule has 1 aromatic heterocycles. The summed E-state index contributed by atoms with van der Waals surface area (Å²) in [5.74, 6) is 1.62. The van der Waals surface area contributed by atoms with E-state index in [4.69, 9.17) is 16.1 Å². The Kier molecular flexibility index (Phi) is 6.64. The predicted octanol–water partition coefficient (Wildman–Crippen LogP) is 5.56. The van der Waals surface area contributed by atoms with Crippen LogP contribution in [0.5, 0.6) is 0 Å². The number of amides is 1. The molecule has 0 spiro atoms. The van der Waals surface area contributed by atoms with Crippen molar-refractivity contribution in [2.75, 3.05) is 17.2 Å². The van der Waals surface area contributed by atoms with Gasteiger partial charge in [0.05, 0.1) is 0 Å². The highest BCUT2D eigenvalue weighted by molar-refractivity contribution is 6.30. The summed E-state index contributed by atoms with van der Waals surface area (Å²) in [6.07, 6.45) is 5.99. The van der Waals surface area contributed by atoms with Crippen molar-refractivity contribution < 1.29 is 9.32 Å². The van der Waals surface area contributed by atoms with Crippen LogP contribution in [0.25, 0.3) is 11.4 Å². The lowest BCUT2D eigenvalue weighted by atomic mass is 10.1. The van der Waals surface area contributed by atoms with Gasteiger partial charge in [0.15, 0.2) is 0 Å². The van der Waals surface area contributed by atoms with Gasteiger partial charge in [0.25, 0.3) is 0 Å². The maximum atomic E-state index is 12.3. The Labute approximate surface area is 181 Å². The summed E-state index contributed by atoms with van der Waals surface area (Å²) in [4.78, 5) is 16.6. The number of hydrogen-bond donors (Lipinski definition) is 2. The minimum Gasteiger partial charge on any atom is -0.385 e. The molecule has 156 valence electrons. The van der Waals surface area contributed by atoms with E-state index >= 15 is 0 Å². The molecule has 0 aliphatic heterocycles. The van der Waals surface area contributed by atoms with Crippen LogP contribution in [0.2, 0.25) is 5.02 Å².